The molecule has 32 heavy (non-hydrogen) atoms. The number of benzene rings is 1. The summed E-state index contributed by atoms with van der Waals surface area (Å²) >= 11 is 0. The molecule has 1 aliphatic heterocycles. The van der Waals surface area contributed by atoms with Gasteiger partial charge in [-0.05, 0) is 64.1 Å². The van der Waals surface area contributed by atoms with Crippen molar-refractivity contribution in [1.82, 2.24) is 5.32 Å². The number of piperidine rings is 1. The molecule has 2 rings (SSSR count). The predicted octanol–water partition coefficient (Wildman–Crippen LogP) is 3.36. The average Bonchev–Trinajstić information content (AvgIpc) is 2.74. The highest BCUT2D eigenvalue weighted by Gasteiger charge is 2.50. The van der Waals surface area contributed by atoms with E-state index in [9.17, 15) is 22.8 Å². The van der Waals surface area contributed by atoms with E-state index in [1.807, 2.05) is 30.3 Å². The zero-order chi connectivity index (χ0) is 24.2. The summed E-state index contributed by atoms with van der Waals surface area (Å²) in [6.07, 6.45) is -2.39. The third-order valence-corrected chi connectivity index (χ3v) is 5.02. The first-order chi connectivity index (χ1) is 15.1. The molecule has 1 aliphatic rings. The van der Waals surface area contributed by atoms with Crippen molar-refractivity contribution in [3.63, 3.8) is 0 Å². The maximum Gasteiger partial charge on any atom is 0.490 e. The molecule has 0 spiro atoms. The lowest BCUT2D eigenvalue weighted by Crippen LogP contribution is -2.46. The van der Waals surface area contributed by atoms with Gasteiger partial charge in [0.05, 0.1) is 13.2 Å². The van der Waals surface area contributed by atoms with E-state index in [2.05, 4.69) is 5.32 Å². The van der Waals surface area contributed by atoms with Crippen molar-refractivity contribution in [3.05, 3.63) is 35.9 Å². The van der Waals surface area contributed by atoms with Gasteiger partial charge in [-0.15, -0.1) is 0 Å². The molecular formula is C22H30F3NO6. The quantitative estimate of drug-likeness (QED) is 0.452. The minimum Gasteiger partial charge on any atom is -0.475 e. The summed E-state index contributed by atoms with van der Waals surface area (Å²) in [7, 11) is 0. The number of esters is 2. The number of hydrogen-bond donors (Lipinski definition) is 2. The van der Waals surface area contributed by atoms with E-state index in [1.165, 1.54) is 0 Å². The molecule has 0 bridgehead atoms. The lowest BCUT2D eigenvalue weighted by Gasteiger charge is -2.34. The van der Waals surface area contributed by atoms with Crippen LogP contribution in [0.5, 0.6) is 0 Å². The first kappa shape index (κ1) is 27.4. The first-order valence-corrected chi connectivity index (χ1v) is 10.5. The minimum atomic E-state index is -5.08. The lowest BCUT2D eigenvalue weighted by atomic mass is 9.72. The van der Waals surface area contributed by atoms with Crippen molar-refractivity contribution in [2.24, 2.45) is 11.3 Å². The number of alkyl halides is 3. The maximum absolute atomic E-state index is 12.9. The Hall–Kier alpha value is -2.62. The number of carbonyl (C=O) groups is 3. The van der Waals surface area contributed by atoms with E-state index in [1.54, 1.807) is 13.8 Å². The van der Waals surface area contributed by atoms with Crippen molar-refractivity contribution in [3.8, 4) is 0 Å². The van der Waals surface area contributed by atoms with Gasteiger partial charge in [-0.1, -0.05) is 30.3 Å². The Morgan fingerprint density at radius 1 is 1.00 bits per heavy atom. The second-order valence-electron chi connectivity index (χ2n) is 7.39. The van der Waals surface area contributed by atoms with Gasteiger partial charge in [0.25, 0.3) is 0 Å². The van der Waals surface area contributed by atoms with Crippen molar-refractivity contribution < 1.29 is 42.1 Å². The smallest absolute Gasteiger partial charge is 0.475 e. The molecule has 1 saturated heterocycles. The Kier molecular flexibility index (Phi) is 11.2. The molecule has 1 heterocycles. The molecule has 0 atom stereocenters. The molecule has 0 saturated carbocycles. The summed E-state index contributed by atoms with van der Waals surface area (Å²) in [4.78, 5) is 34.7. The van der Waals surface area contributed by atoms with E-state index in [0.717, 1.165) is 31.5 Å². The third kappa shape index (κ3) is 8.49. The standard InChI is InChI=1S/C20H29NO4.C2HF3O2/c1-3-24-18(22)20(19(23)25-4-2,14-16-8-6-5-7-9-16)15-17-10-12-21-13-11-17;3-2(4,5)1(6)7/h5-9,17,21H,3-4,10-15H2,1-2H3;(H,6,7). The summed E-state index contributed by atoms with van der Waals surface area (Å²) < 4.78 is 42.4. The lowest BCUT2D eigenvalue weighted by molar-refractivity contribution is -0.192. The van der Waals surface area contributed by atoms with Gasteiger partial charge in [0, 0.05) is 0 Å². The summed E-state index contributed by atoms with van der Waals surface area (Å²) in [6.45, 7) is 5.86. The van der Waals surface area contributed by atoms with Crippen LogP contribution >= 0.6 is 0 Å². The summed E-state index contributed by atoms with van der Waals surface area (Å²) in [5.41, 5.74) is -0.326. The van der Waals surface area contributed by atoms with Crippen LogP contribution in [0.15, 0.2) is 30.3 Å². The minimum absolute atomic E-state index is 0.251. The van der Waals surface area contributed by atoms with Gasteiger partial charge in [-0.3, -0.25) is 9.59 Å². The zero-order valence-corrected chi connectivity index (χ0v) is 18.2. The van der Waals surface area contributed by atoms with E-state index >= 15 is 0 Å². The number of carbonyl (C=O) groups excluding carboxylic acids is 2. The second kappa shape index (κ2) is 13.0. The predicted molar refractivity (Wildman–Crippen MR) is 110 cm³/mol. The molecule has 1 aromatic carbocycles. The van der Waals surface area contributed by atoms with Crippen molar-refractivity contribution in [2.75, 3.05) is 26.3 Å². The molecule has 2 N–H and O–H groups in total. The van der Waals surface area contributed by atoms with Crippen LogP contribution in [-0.2, 0) is 30.3 Å². The van der Waals surface area contributed by atoms with Crippen LogP contribution in [-0.4, -0.2) is 55.5 Å². The number of nitrogens with one attached hydrogen (secondary N) is 1. The maximum atomic E-state index is 12.9. The molecule has 180 valence electrons. The number of aliphatic carboxylic acids is 1. The van der Waals surface area contributed by atoms with Crippen LogP contribution in [0.4, 0.5) is 13.2 Å². The molecule has 0 unspecified atom stereocenters. The van der Waals surface area contributed by atoms with Crippen molar-refractivity contribution in [1.29, 1.82) is 0 Å². The Morgan fingerprint density at radius 2 is 1.47 bits per heavy atom. The zero-order valence-electron chi connectivity index (χ0n) is 18.2. The fourth-order valence-electron chi connectivity index (χ4n) is 3.53. The Morgan fingerprint density at radius 3 is 1.88 bits per heavy atom. The van der Waals surface area contributed by atoms with Crippen LogP contribution in [0.2, 0.25) is 0 Å². The van der Waals surface area contributed by atoms with Gasteiger partial charge in [0.2, 0.25) is 0 Å². The Labute approximate surface area is 185 Å². The van der Waals surface area contributed by atoms with Crippen LogP contribution in [0.1, 0.15) is 38.7 Å². The molecule has 0 amide bonds. The number of carboxylic acid groups (broad SMARTS) is 1. The molecular weight excluding hydrogens is 431 g/mol. The number of carboxylic acids is 1. The SMILES string of the molecule is CCOC(=O)C(Cc1ccccc1)(CC1CCNCC1)C(=O)OCC.O=C(O)C(F)(F)F. The van der Waals surface area contributed by atoms with Gasteiger partial charge >= 0.3 is 24.1 Å². The van der Waals surface area contributed by atoms with Crippen LogP contribution < -0.4 is 5.32 Å². The van der Waals surface area contributed by atoms with Gasteiger partial charge in [-0.25, -0.2) is 4.79 Å². The second-order valence-corrected chi connectivity index (χ2v) is 7.39. The van der Waals surface area contributed by atoms with Gasteiger partial charge in [0.15, 0.2) is 5.41 Å². The van der Waals surface area contributed by atoms with E-state index in [4.69, 9.17) is 19.4 Å². The Bertz CT molecular complexity index is 715. The number of ether oxygens (including phenoxy) is 2. The molecule has 10 heteroatoms. The number of rotatable bonds is 8. The van der Waals surface area contributed by atoms with E-state index in [0.29, 0.717) is 18.8 Å². The molecule has 1 aromatic rings. The molecule has 1 fully saturated rings. The van der Waals surface area contributed by atoms with Gasteiger partial charge < -0.3 is 19.9 Å². The van der Waals surface area contributed by atoms with Gasteiger partial charge in [0.1, 0.15) is 0 Å². The Balaban J connectivity index is 0.000000633. The topological polar surface area (TPSA) is 102 Å². The monoisotopic (exact) mass is 461 g/mol. The van der Waals surface area contributed by atoms with Crippen LogP contribution in [0, 0.1) is 11.3 Å². The average molecular weight is 461 g/mol. The largest absolute Gasteiger partial charge is 0.490 e. The first-order valence-electron chi connectivity index (χ1n) is 10.5. The van der Waals surface area contributed by atoms with Gasteiger partial charge in [-0.2, -0.15) is 13.2 Å². The highest BCUT2D eigenvalue weighted by molar-refractivity contribution is 6.00. The number of hydrogen-bond acceptors (Lipinski definition) is 6. The summed E-state index contributed by atoms with van der Waals surface area (Å²) in [5.74, 6) is -3.38. The third-order valence-electron chi connectivity index (χ3n) is 5.02. The molecule has 0 radical (unpaired) electrons. The fourth-order valence-corrected chi connectivity index (χ4v) is 3.53. The van der Waals surface area contributed by atoms with E-state index in [-0.39, 0.29) is 13.2 Å². The summed E-state index contributed by atoms with van der Waals surface area (Å²) in [5, 5.41) is 10.5. The molecule has 0 aliphatic carbocycles. The van der Waals surface area contributed by atoms with Crippen LogP contribution in [0.3, 0.4) is 0 Å². The molecule has 0 aromatic heterocycles. The summed E-state index contributed by atoms with van der Waals surface area (Å²) in [6, 6.07) is 9.64. The van der Waals surface area contributed by atoms with Crippen molar-refractivity contribution in [2.45, 2.75) is 45.7 Å². The van der Waals surface area contributed by atoms with Crippen LogP contribution in [0.25, 0.3) is 0 Å². The highest BCUT2D eigenvalue weighted by Crippen LogP contribution is 2.37. The highest BCUT2D eigenvalue weighted by atomic mass is 19.4. The van der Waals surface area contributed by atoms with E-state index < -0.39 is 29.5 Å². The normalized spacial score (nSPS) is 14.7. The number of halogens is 3. The molecule has 7 nitrogen and oxygen atoms in total. The fraction of sp³-hybridized carbons (Fsp3) is 0.591. The van der Waals surface area contributed by atoms with Crippen molar-refractivity contribution >= 4 is 17.9 Å².